The molecule has 0 aromatic heterocycles. The maximum absolute atomic E-state index is 11.0. The predicted molar refractivity (Wildman–Crippen MR) is 61.3 cm³/mol. The predicted octanol–water partition coefficient (Wildman–Crippen LogP) is 2.77. The number of rotatable bonds is 8. The quantitative estimate of drug-likeness (QED) is 0.629. The Hall–Kier alpha value is -1.06. The van der Waals surface area contributed by atoms with Crippen LogP contribution in [0, 0.1) is 11.3 Å². The van der Waals surface area contributed by atoms with Gasteiger partial charge in [-0.15, -0.1) is 0 Å². The van der Waals surface area contributed by atoms with Crippen LogP contribution in [0.3, 0.4) is 0 Å². The first kappa shape index (κ1) is 14.9. The molecule has 0 radical (unpaired) electrons. The Kier molecular flexibility index (Phi) is 6.08. The lowest BCUT2D eigenvalue weighted by Crippen LogP contribution is -2.38. The van der Waals surface area contributed by atoms with Gasteiger partial charge in [-0.2, -0.15) is 0 Å². The molecule has 4 heteroatoms. The largest absolute Gasteiger partial charge is 0.480 e. The molecular weight excluding hydrogens is 208 g/mol. The minimum Gasteiger partial charge on any atom is -0.480 e. The standard InChI is InChI=1S/C12H22O4/c1-4-6-7-9(5-2)8-12(3,10(13)14)11(15)16/h9H,4-8H2,1-3H3,(H,13,14)(H,15,16). The van der Waals surface area contributed by atoms with Gasteiger partial charge in [0.1, 0.15) is 0 Å². The molecule has 1 atom stereocenters. The second-order valence-corrected chi connectivity index (χ2v) is 4.56. The summed E-state index contributed by atoms with van der Waals surface area (Å²) in [6.07, 6.45) is 4.02. The molecule has 16 heavy (non-hydrogen) atoms. The van der Waals surface area contributed by atoms with Crippen molar-refractivity contribution in [3.05, 3.63) is 0 Å². The molecule has 4 nitrogen and oxygen atoms in total. The normalized spacial score (nSPS) is 13.4. The highest BCUT2D eigenvalue weighted by molar-refractivity contribution is 5.97. The van der Waals surface area contributed by atoms with Crippen molar-refractivity contribution in [2.75, 3.05) is 0 Å². The van der Waals surface area contributed by atoms with E-state index in [-0.39, 0.29) is 12.3 Å². The zero-order valence-electron chi connectivity index (χ0n) is 10.3. The number of aliphatic carboxylic acids is 2. The van der Waals surface area contributed by atoms with Gasteiger partial charge in [0.05, 0.1) is 0 Å². The molecular formula is C12H22O4. The third-order valence-electron chi connectivity index (χ3n) is 3.18. The lowest BCUT2D eigenvalue weighted by atomic mass is 9.78. The molecule has 2 N–H and O–H groups in total. The number of unbranched alkanes of at least 4 members (excludes halogenated alkanes) is 1. The van der Waals surface area contributed by atoms with E-state index >= 15 is 0 Å². The molecule has 0 saturated carbocycles. The number of carbonyl (C=O) groups is 2. The molecule has 0 aromatic rings. The van der Waals surface area contributed by atoms with E-state index in [1.165, 1.54) is 6.92 Å². The number of carboxylic acids is 2. The molecule has 0 rings (SSSR count). The summed E-state index contributed by atoms with van der Waals surface area (Å²) in [6, 6.07) is 0. The van der Waals surface area contributed by atoms with Crippen molar-refractivity contribution in [2.45, 2.75) is 52.9 Å². The van der Waals surface area contributed by atoms with Crippen LogP contribution in [0.5, 0.6) is 0 Å². The van der Waals surface area contributed by atoms with E-state index in [1.807, 2.05) is 6.92 Å². The third-order valence-corrected chi connectivity index (χ3v) is 3.18. The molecule has 0 fully saturated rings. The summed E-state index contributed by atoms with van der Waals surface area (Å²) in [5.41, 5.74) is -1.64. The van der Waals surface area contributed by atoms with E-state index in [1.54, 1.807) is 0 Å². The third kappa shape index (κ3) is 3.83. The van der Waals surface area contributed by atoms with Crippen molar-refractivity contribution in [1.82, 2.24) is 0 Å². The topological polar surface area (TPSA) is 74.6 Å². The second-order valence-electron chi connectivity index (χ2n) is 4.56. The van der Waals surface area contributed by atoms with E-state index < -0.39 is 17.4 Å². The van der Waals surface area contributed by atoms with Gasteiger partial charge in [-0.1, -0.05) is 39.5 Å². The fourth-order valence-electron chi connectivity index (χ4n) is 1.79. The van der Waals surface area contributed by atoms with Crippen LogP contribution in [0.25, 0.3) is 0 Å². The summed E-state index contributed by atoms with van der Waals surface area (Å²) in [4.78, 5) is 22.0. The van der Waals surface area contributed by atoms with Crippen LogP contribution in [0.1, 0.15) is 52.9 Å². The summed E-state index contributed by atoms with van der Waals surface area (Å²) in [5.74, 6) is -2.30. The molecule has 0 amide bonds. The number of hydrogen-bond acceptors (Lipinski definition) is 2. The summed E-state index contributed by atoms with van der Waals surface area (Å²) < 4.78 is 0. The highest BCUT2D eigenvalue weighted by atomic mass is 16.4. The molecule has 0 bridgehead atoms. The van der Waals surface area contributed by atoms with Crippen LogP contribution >= 0.6 is 0 Å². The zero-order valence-corrected chi connectivity index (χ0v) is 10.3. The first-order valence-corrected chi connectivity index (χ1v) is 5.85. The van der Waals surface area contributed by atoms with Gasteiger partial charge in [-0.3, -0.25) is 9.59 Å². The Morgan fingerprint density at radius 2 is 1.69 bits per heavy atom. The van der Waals surface area contributed by atoms with Crippen molar-refractivity contribution in [1.29, 1.82) is 0 Å². The van der Waals surface area contributed by atoms with Crippen molar-refractivity contribution >= 4 is 11.9 Å². The van der Waals surface area contributed by atoms with Gasteiger partial charge in [0, 0.05) is 0 Å². The maximum atomic E-state index is 11.0. The Labute approximate surface area is 96.7 Å². The van der Waals surface area contributed by atoms with Gasteiger partial charge >= 0.3 is 11.9 Å². The van der Waals surface area contributed by atoms with Gasteiger partial charge < -0.3 is 10.2 Å². The minimum atomic E-state index is -1.64. The average Bonchev–Trinajstić information content (AvgIpc) is 2.23. The Bertz CT molecular complexity index is 233. The fraction of sp³-hybridized carbons (Fsp3) is 0.833. The van der Waals surface area contributed by atoms with Gasteiger partial charge in [-0.25, -0.2) is 0 Å². The van der Waals surface area contributed by atoms with Crippen molar-refractivity contribution in [3.63, 3.8) is 0 Å². The number of hydrogen-bond donors (Lipinski definition) is 2. The van der Waals surface area contributed by atoms with Gasteiger partial charge in [0.25, 0.3) is 0 Å². The smallest absolute Gasteiger partial charge is 0.320 e. The summed E-state index contributed by atoms with van der Waals surface area (Å²) >= 11 is 0. The molecule has 0 heterocycles. The number of carboxylic acid groups (broad SMARTS) is 2. The van der Waals surface area contributed by atoms with Crippen LogP contribution in [-0.2, 0) is 9.59 Å². The van der Waals surface area contributed by atoms with E-state index in [0.717, 1.165) is 25.7 Å². The minimum absolute atomic E-state index is 0.178. The fourth-order valence-corrected chi connectivity index (χ4v) is 1.79. The highest BCUT2D eigenvalue weighted by Gasteiger charge is 2.42. The Morgan fingerprint density at radius 1 is 1.19 bits per heavy atom. The second kappa shape index (κ2) is 6.51. The maximum Gasteiger partial charge on any atom is 0.320 e. The van der Waals surface area contributed by atoms with E-state index in [0.29, 0.717) is 0 Å². The van der Waals surface area contributed by atoms with Gasteiger partial charge in [0.15, 0.2) is 5.41 Å². The molecule has 0 saturated heterocycles. The van der Waals surface area contributed by atoms with Gasteiger partial charge in [0.2, 0.25) is 0 Å². The van der Waals surface area contributed by atoms with Crippen molar-refractivity contribution < 1.29 is 19.8 Å². The Morgan fingerprint density at radius 3 is 2.00 bits per heavy atom. The van der Waals surface area contributed by atoms with E-state index in [2.05, 4.69) is 6.92 Å². The average molecular weight is 230 g/mol. The summed E-state index contributed by atoms with van der Waals surface area (Å²) in [5, 5.41) is 18.0. The van der Waals surface area contributed by atoms with E-state index in [9.17, 15) is 9.59 Å². The van der Waals surface area contributed by atoms with Crippen LogP contribution in [0.15, 0.2) is 0 Å². The SMILES string of the molecule is CCCCC(CC)CC(C)(C(=O)O)C(=O)O. The summed E-state index contributed by atoms with van der Waals surface area (Å²) in [6.45, 7) is 5.34. The van der Waals surface area contributed by atoms with E-state index in [4.69, 9.17) is 10.2 Å². The molecule has 0 aromatic carbocycles. The first-order valence-electron chi connectivity index (χ1n) is 5.85. The van der Waals surface area contributed by atoms with Crippen molar-refractivity contribution in [2.24, 2.45) is 11.3 Å². The zero-order chi connectivity index (χ0) is 12.8. The molecule has 0 aliphatic carbocycles. The molecule has 1 unspecified atom stereocenters. The van der Waals surface area contributed by atoms with Crippen LogP contribution in [0.4, 0.5) is 0 Å². The Balaban J connectivity index is 4.60. The monoisotopic (exact) mass is 230 g/mol. The van der Waals surface area contributed by atoms with Crippen LogP contribution < -0.4 is 0 Å². The molecule has 0 spiro atoms. The molecule has 0 aliphatic heterocycles. The highest BCUT2D eigenvalue weighted by Crippen LogP contribution is 2.31. The van der Waals surface area contributed by atoms with Crippen LogP contribution in [-0.4, -0.2) is 22.2 Å². The van der Waals surface area contributed by atoms with Crippen molar-refractivity contribution in [3.8, 4) is 0 Å². The summed E-state index contributed by atoms with van der Waals surface area (Å²) in [7, 11) is 0. The lowest BCUT2D eigenvalue weighted by Gasteiger charge is -2.25. The van der Waals surface area contributed by atoms with Gasteiger partial charge in [-0.05, 0) is 19.3 Å². The molecule has 0 aliphatic rings. The molecule has 94 valence electrons. The first-order chi connectivity index (χ1) is 7.38. The van der Waals surface area contributed by atoms with Crippen LogP contribution in [0.2, 0.25) is 0 Å². The lowest BCUT2D eigenvalue weighted by molar-refractivity contribution is -0.164.